The van der Waals surface area contributed by atoms with Crippen molar-refractivity contribution in [2.75, 3.05) is 101 Å². The fourth-order valence-electron chi connectivity index (χ4n) is 7.29. The zero-order valence-corrected chi connectivity index (χ0v) is 46.1. The lowest BCUT2D eigenvalue weighted by molar-refractivity contribution is 0.414. The molecule has 9 aromatic carbocycles. The number of hydrogen-bond donors (Lipinski definition) is 2. The van der Waals surface area contributed by atoms with Crippen molar-refractivity contribution >= 4 is 67.4 Å². The average molecular weight is 1030 g/mol. The molecule has 0 radical (unpaired) electrons. The van der Waals surface area contributed by atoms with Gasteiger partial charge in [-0.05, 0) is 118 Å². The molecule has 7 nitrogen and oxygen atoms in total. The Morgan fingerprint density at radius 1 is 0.347 bits per heavy atom. The monoisotopic (exact) mass is 1030 g/mol. The minimum atomic E-state index is 0. The van der Waals surface area contributed by atoms with Crippen LogP contribution in [0.15, 0.2) is 199 Å². The molecule has 8 heteroatoms. The van der Waals surface area contributed by atoms with Gasteiger partial charge >= 0.3 is 0 Å². The van der Waals surface area contributed by atoms with Crippen molar-refractivity contribution in [3.8, 4) is 16.9 Å². The minimum absolute atomic E-state index is 0. The van der Waals surface area contributed by atoms with E-state index in [2.05, 4.69) is 201 Å². The van der Waals surface area contributed by atoms with Crippen molar-refractivity contribution in [2.45, 2.75) is 54.9 Å². The summed E-state index contributed by atoms with van der Waals surface area (Å²) in [7, 11) is 18.0. The molecule has 75 heavy (non-hydrogen) atoms. The van der Waals surface area contributed by atoms with Crippen molar-refractivity contribution in [3.63, 3.8) is 0 Å². The van der Waals surface area contributed by atoms with Gasteiger partial charge in [0.15, 0.2) is 0 Å². The molecule has 0 fully saturated rings. The third-order valence-electron chi connectivity index (χ3n) is 11.7. The normalized spacial score (nSPS) is 9.57. The molecule has 0 aliphatic heterocycles. The Bertz CT molecular complexity index is 2880. The fourth-order valence-corrected chi connectivity index (χ4v) is 7.70. The molecule has 0 unspecified atom stereocenters. The Kier molecular flexibility index (Phi) is 29.1. The van der Waals surface area contributed by atoms with E-state index < -0.39 is 0 Å². The van der Waals surface area contributed by atoms with Crippen molar-refractivity contribution in [2.24, 2.45) is 0 Å². The van der Waals surface area contributed by atoms with Gasteiger partial charge < -0.3 is 35.8 Å². The van der Waals surface area contributed by atoms with Crippen LogP contribution in [0.5, 0.6) is 5.75 Å². The van der Waals surface area contributed by atoms with Crippen molar-refractivity contribution < 1.29 is 4.74 Å². The van der Waals surface area contributed by atoms with Gasteiger partial charge in [-0.15, -0.1) is 11.8 Å². The van der Waals surface area contributed by atoms with Crippen LogP contribution in [0.2, 0.25) is 0 Å². The predicted octanol–water partition coefficient (Wildman–Crippen LogP) is 17.4. The SMILES string of the molecule is C.C.C.CN(C)c1ccc(N)c2ccccc12.CN(C)c1cccc2c(N)cccc12.COc1ccc(C)cc1.CSc1ccc(C)cc1.Cc1ccc(-c2ccc(N(C)C)cc2)cc1.Cc1ccc(N(C)C)cc1. The van der Waals surface area contributed by atoms with Gasteiger partial charge in [0, 0.05) is 117 Å². The van der Waals surface area contributed by atoms with E-state index in [1.807, 2.05) is 103 Å². The largest absolute Gasteiger partial charge is 0.497 e. The van der Waals surface area contributed by atoms with Crippen molar-refractivity contribution in [3.05, 3.63) is 216 Å². The number of nitrogens with two attached hydrogens (primary N) is 2. The van der Waals surface area contributed by atoms with Crippen LogP contribution in [0, 0.1) is 27.7 Å². The molecule has 0 amide bonds. The zero-order valence-electron chi connectivity index (χ0n) is 45.2. The molecule has 0 aliphatic carbocycles. The standard InChI is InChI=1S/C15H17N.2C12H14N2.C9H13N.C8H10O.C8H10S.3CH4/c1-12-4-6-13(7-5-12)14-8-10-15(11-9-14)16(2)3;1-14(2)12-8-4-5-9-10(12)6-3-7-11(9)13;1-14(2)12-8-7-11(13)9-5-3-4-6-10(9)12;1-8-4-6-9(7-5-8)10(2)3;2*1-7-3-5-8(9-2)6-4-7;;;/h4-11H,1-3H3;2*3-8H,13H2,1-2H3;4-7H,1-3H3;2*3-6H,1-2H3;3*1H4. The maximum Gasteiger partial charge on any atom is 0.118 e. The second-order valence-corrected chi connectivity index (χ2v) is 19.2. The van der Waals surface area contributed by atoms with E-state index >= 15 is 0 Å². The number of rotatable bonds is 7. The smallest absolute Gasteiger partial charge is 0.118 e. The number of nitrogen functional groups attached to an aromatic ring is 2. The lowest BCUT2D eigenvalue weighted by Gasteiger charge is -2.16. The molecule has 400 valence electrons. The van der Waals surface area contributed by atoms with Gasteiger partial charge in [-0.3, -0.25) is 0 Å². The van der Waals surface area contributed by atoms with Gasteiger partial charge in [-0.25, -0.2) is 0 Å². The van der Waals surface area contributed by atoms with Crippen LogP contribution in [0.4, 0.5) is 34.1 Å². The van der Waals surface area contributed by atoms with E-state index in [0.29, 0.717) is 0 Å². The summed E-state index contributed by atoms with van der Waals surface area (Å²) < 4.78 is 4.97. The van der Waals surface area contributed by atoms with Crippen LogP contribution >= 0.6 is 11.8 Å². The Labute approximate surface area is 458 Å². The van der Waals surface area contributed by atoms with Crippen molar-refractivity contribution in [1.29, 1.82) is 0 Å². The first kappa shape index (κ1) is 65.5. The number of benzene rings is 9. The number of hydrogen-bond acceptors (Lipinski definition) is 8. The molecule has 0 saturated carbocycles. The molecule has 9 aromatic rings. The Hall–Kier alpha value is -7.55. The van der Waals surface area contributed by atoms with Crippen molar-refractivity contribution in [1.82, 2.24) is 0 Å². The summed E-state index contributed by atoms with van der Waals surface area (Å²) in [5.74, 6) is 0.917. The van der Waals surface area contributed by atoms with E-state index in [-0.39, 0.29) is 22.3 Å². The molecule has 0 spiro atoms. The van der Waals surface area contributed by atoms with Gasteiger partial charge in [-0.1, -0.05) is 166 Å². The lowest BCUT2D eigenvalue weighted by Crippen LogP contribution is -2.09. The first-order valence-corrected chi connectivity index (χ1v) is 25.3. The topological polar surface area (TPSA) is 74.2 Å². The highest BCUT2D eigenvalue weighted by Gasteiger charge is 2.05. The van der Waals surface area contributed by atoms with Gasteiger partial charge in [0.05, 0.1) is 7.11 Å². The van der Waals surface area contributed by atoms with E-state index in [4.69, 9.17) is 16.2 Å². The first-order chi connectivity index (χ1) is 34.4. The fraction of sp³-hybridized carbons (Fsp3) is 0.254. The Balaban J connectivity index is 0.000000452. The number of nitrogens with zero attached hydrogens (tertiary/aromatic N) is 4. The number of thioether (sulfide) groups is 1. The van der Waals surface area contributed by atoms with Crippen LogP contribution in [-0.4, -0.2) is 69.7 Å². The number of fused-ring (bicyclic) bond motifs is 2. The molecule has 0 aromatic heterocycles. The summed E-state index contributed by atoms with van der Waals surface area (Å²) in [5.41, 5.74) is 26.1. The van der Waals surface area contributed by atoms with E-state index in [9.17, 15) is 0 Å². The highest BCUT2D eigenvalue weighted by molar-refractivity contribution is 7.98. The number of ether oxygens (including phenoxy) is 1. The van der Waals surface area contributed by atoms with Gasteiger partial charge in [0.25, 0.3) is 0 Å². The number of aryl methyl sites for hydroxylation is 4. The zero-order chi connectivity index (χ0) is 52.7. The first-order valence-electron chi connectivity index (χ1n) is 24.1. The van der Waals surface area contributed by atoms with Gasteiger partial charge in [0.2, 0.25) is 0 Å². The summed E-state index contributed by atoms with van der Waals surface area (Å²) >= 11 is 1.78. The van der Waals surface area contributed by atoms with E-state index in [0.717, 1.165) is 27.9 Å². The maximum absolute atomic E-state index is 5.91. The maximum atomic E-state index is 5.91. The average Bonchev–Trinajstić information content (AvgIpc) is 3.38. The molecule has 0 heterocycles. The van der Waals surface area contributed by atoms with E-state index in [1.165, 1.54) is 71.8 Å². The summed E-state index contributed by atoms with van der Waals surface area (Å²) in [6, 6.07) is 66.7. The minimum Gasteiger partial charge on any atom is -0.497 e. The summed E-state index contributed by atoms with van der Waals surface area (Å²) in [4.78, 5) is 9.74. The van der Waals surface area contributed by atoms with Crippen LogP contribution in [0.1, 0.15) is 44.5 Å². The molecule has 0 saturated heterocycles. The predicted molar refractivity (Wildman–Crippen MR) is 343 cm³/mol. The van der Waals surface area contributed by atoms with Crippen LogP contribution < -0.4 is 35.8 Å². The molecule has 4 N–H and O–H groups in total. The summed E-state index contributed by atoms with van der Waals surface area (Å²) in [6.07, 6.45) is 2.09. The molecule has 0 atom stereocenters. The molecule has 0 bridgehead atoms. The molecule has 9 rings (SSSR count). The quantitative estimate of drug-likeness (QED) is 0.121. The molecule has 0 aliphatic rings. The van der Waals surface area contributed by atoms with E-state index in [1.54, 1.807) is 18.9 Å². The molecular weight excluding hydrogens is 937 g/mol. The summed E-state index contributed by atoms with van der Waals surface area (Å²) in [6.45, 7) is 8.36. The molecular formula is C67H90N6OS. The second kappa shape index (κ2) is 33.3. The third-order valence-corrected chi connectivity index (χ3v) is 12.4. The Morgan fingerprint density at radius 3 is 1.11 bits per heavy atom. The summed E-state index contributed by atoms with van der Waals surface area (Å²) in [5, 5.41) is 4.66. The highest BCUT2D eigenvalue weighted by Crippen LogP contribution is 2.30. The Morgan fingerprint density at radius 2 is 0.680 bits per heavy atom. The highest BCUT2D eigenvalue weighted by atomic mass is 32.2. The number of methoxy groups -OCH3 is 1. The van der Waals surface area contributed by atoms with Crippen LogP contribution in [0.25, 0.3) is 32.7 Å². The number of anilines is 6. The van der Waals surface area contributed by atoms with Crippen LogP contribution in [-0.2, 0) is 0 Å². The lowest BCUT2D eigenvalue weighted by atomic mass is 10.0. The van der Waals surface area contributed by atoms with Gasteiger partial charge in [-0.2, -0.15) is 0 Å². The van der Waals surface area contributed by atoms with Crippen LogP contribution in [0.3, 0.4) is 0 Å². The second-order valence-electron chi connectivity index (χ2n) is 18.3. The third kappa shape index (κ3) is 21.1. The van der Waals surface area contributed by atoms with Gasteiger partial charge in [0.1, 0.15) is 5.75 Å².